The number of sulfonamides is 1. The molecule has 0 fully saturated rings. The highest BCUT2D eigenvalue weighted by atomic mass is 79.9. The second kappa shape index (κ2) is 6.60. The number of primary sulfonamides is 1. The Balaban J connectivity index is 2.50. The average Bonchev–Trinajstić information content (AvgIpc) is 2.26. The van der Waals surface area contributed by atoms with Gasteiger partial charge in [0, 0.05) is 16.1 Å². The molecule has 1 unspecified atom stereocenters. The third kappa shape index (κ3) is 5.43. The number of hydrogen-bond donors (Lipinski definition) is 2. The number of nitrogens with one attached hydrogen (secondary N) is 1. The van der Waals surface area contributed by atoms with Gasteiger partial charge >= 0.3 is 0 Å². The molecule has 0 saturated carbocycles. The summed E-state index contributed by atoms with van der Waals surface area (Å²) in [4.78, 5) is 0. The number of rotatable bonds is 6. The highest BCUT2D eigenvalue weighted by molar-refractivity contribution is 9.10. The van der Waals surface area contributed by atoms with Crippen LogP contribution < -0.4 is 10.5 Å². The zero-order valence-corrected chi connectivity index (χ0v) is 12.4. The van der Waals surface area contributed by atoms with Gasteiger partial charge in [0.1, 0.15) is 5.82 Å². The Kier molecular flexibility index (Phi) is 5.71. The average molecular weight is 339 g/mol. The second-order valence-electron chi connectivity index (χ2n) is 4.06. The van der Waals surface area contributed by atoms with E-state index in [0.717, 1.165) is 4.47 Å². The molecule has 0 radical (unpaired) electrons. The quantitative estimate of drug-likeness (QED) is 0.778. The van der Waals surface area contributed by atoms with Crippen molar-refractivity contribution in [2.75, 3.05) is 12.3 Å². The predicted octanol–water partition coefficient (Wildman–Crippen LogP) is 1.92. The molecule has 0 heterocycles. The Labute approximate surface area is 115 Å². The van der Waals surface area contributed by atoms with Crippen molar-refractivity contribution in [1.29, 1.82) is 0 Å². The van der Waals surface area contributed by atoms with Crippen LogP contribution in [0.4, 0.5) is 4.39 Å². The van der Waals surface area contributed by atoms with Crippen LogP contribution >= 0.6 is 15.9 Å². The fourth-order valence-corrected chi connectivity index (χ4v) is 2.47. The first-order valence-corrected chi connectivity index (χ1v) is 7.99. The Morgan fingerprint density at radius 3 is 2.78 bits per heavy atom. The summed E-state index contributed by atoms with van der Waals surface area (Å²) in [5.74, 6) is -0.363. The molecule has 1 aromatic rings. The van der Waals surface area contributed by atoms with Crippen LogP contribution in [0.15, 0.2) is 22.7 Å². The fourth-order valence-electron chi connectivity index (χ4n) is 1.55. The van der Waals surface area contributed by atoms with Crippen molar-refractivity contribution in [1.82, 2.24) is 5.32 Å². The zero-order valence-electron chi connectivity index (χ0n) is 9.99. The number of hydrogen-bond acceptors (Lipinski definition) is 3. The Morgan fingerprint density at radius 2 is 2.17 bits per heavy atom. The first-order chi connectivity index (χ1) is 8.29. The normalized spacial score (nSPS) is 13.6. The van der Waals surface area contributed by atoms with Crippen LogP contribution in [0.5, 0.6) is 0 Å². The summed E-state index contributed by atoms with van der Waals surface area (Å²) in [6.45, 7) is 2.28. The molecule has 0 bridgehead atoms. The van der Waals surface area contributed by atoms with Crippen molar-refractivity contribution >= 4 is 26.0 Å². The van der Waals surface area contributed by atoms with Crippen LogP contribution in [-0.2, 0) is 10.0 Å². The highest BCUT2D eigenvalue weighted by Gasteiger charge is 2.11. The van der Waals surface area contributed by atoms with Crippen LogP contribution in [0.3, 0.4) is 0 Å². The number of benzene rings is 1. The second-order valence-corrected chi connectivity index (χ2v) is 6.71. The SMILES string of the molecule is CC(NCCCS(N)(=O)=O)c1cc(Br)ccc1F. The zero-order chi connectivity index (χ0) is 13.8. The van der Waals surface area contributed by atoms with Gasteiger partial charge in [0.05, 0.1) is 5.75 Å². The molecule has 18 heavy (non-hydrogen) atoms. The van der Waals surface area contributed by atoms with Gasteiger partial charge in [0.2, 0.25) is 10.0 Å². The summed E-state index contributed by atoms with van der Waals surface area (Å²) in [7, 11) is -3.42. The third-order valence-corrected chi connectivity index (χ3v) is 3.83. The van der Waals surface area contributed by atoms with Crippen molar-refractivity contribution in [3.05, 3.63) is 34.1 Å². The smallest absolute Gasteiger partial charge is 0.209 e. The summed E-state index contributed by atoms with van der Waals surface area (Å²) in [5, 5.41) is 7.94. The van der Waals surface area contributed by atoms with Crippen molar-refractivity contribution in [2.45, 2.75) is 19.4 Å². The van der Waals surface area contributed by atoms with E-state index in [9.17, 15) is 12.8 Å². The first kappa shape index (κ1) is 15.6. The van der Waals surface area contributed by atoms with E-state index in [2.05, 4.69) is 21.2 Å². The van der Waals surface area contributed by atoms with E-state index in [1.807, 2.05) is 6.92 Å². The lowest BCUT2D eigenvalue weighted by Gasteiger charge is -2.15. The van der Waals surface area contributed by atoms with Crippen LogP contribution in [0.25, 0.3) is 0 Å². The van der Waals surface area contributed by atoms with Gasteiger partial charge in [-0.15, -0.1) is 0 Å². The van der Waals surface area contributed by atoms with Crippen molar-refractivity contribution in [2.24, 2.45) is 5.14 Å². The molecule has 4 nitrogen and oxygen atoms in total. The predicted molar refractivity (Wildman–Crippen MR) is 73.1 cm³/mol. The maximum Gasteiger partial charge on any atom is 0.209 e. The lowest BCUT2D eigenvalue weighted by molar-refractivity contribution is 0.525. The monoisotopic (exact) mass is 338 g/mol. The Morgan fingerprint density at radius 1 is 1.50 bits per heavy atom. The molecular weight excluding hydrogens is 323 g/mol. The number of halogens is 2. The molecule has 0 aromatic heterocycles. The first-order valence-electron chi connectivity index (χ1n) is 5.48. The van der Waals surface area contributed by atoms with Crippen molar-refractivity contribution in [3.8, 4) is 0 Å². The van der Waals surface area contributed by atoms with Gasteiger partial charge in [-0.25, -0.2) is 17.9 Å². The minimum atomic E-state index is -3.42. The molecule has 0 spiro atoms. The van der Waals surface area contributed by atoms with E-state index in [1.54, 1.807) is 12.1 Å². The minimum Gasteiger partial charge on any atom is -0.310 e. The summed E-state index contributed by atoms with van der Waals surface area (Å²) in [6, 6.07) is 4.53. The molecule has 0 saturated heterocycles. The van der Waals surface area contributed by atoms with Crippen molar-refractivity contribution in [3.63, 3.8) is 0 Å². The molecular formula is C11H16BrFN2O2S. The highest BCUT2D eigenvalue weighted by Crippen LogP contribution is 2.21. The van der Waals surface area contributed by atoms with E-state index in [1.165, 1.54) is 6.07 Å². The maximum atomic E-state index is 13.5. The van der Waals surface area contributed by atoms with E-state index in [0.29, 0.717) is 18.5 Å². The van der Waals surface area contributed by atoms with Crippen LogP contribution in [0.1, 0.15) is 24.9 Å². The molecule has 3 N–H and O–H groups in total. The molecule has 102 valence electrons. The van der Waals surface area contributed by atoms with Gasteiger partial charge in [-0.3, -0.25) is 0 Å². The summed E-state index contributed by atoms with van der Waals surface area (Å²) >= 11 is 3.28. The van der Waals surface area contributed by atoms with E-state index < -0.39 is 10.0 Å². The van der Waals surface area contributed by atoms with E-state index in [4.69, 9.17) is 5.14 Å². The molecule has 1 aromatic carbocycles. The van der Waals surface area contributed by atoms with Gasteiger partial charge in [0.15, 0.2) is 0 Å². The van der Waals surface area contributed by atoms with Gasteiger partial charge in [-0.1, -0.05) is 15.9 Å². The minimum absolute atomic E-state index is 0.0757. The molecule has 0 aliphatic rings. The summed E-state index contributed by atoms with van der Waals surface area (Å²) in [6.07, 6.45) is 0.402. The lowest BCUT2D eigenvalue weighted by atomic mass is 10.1. The molecule has 1 rings (SSSR count). The van der Waals surface area contributed by atoms with E-state index >= 15 is 0 Å². The van der Waals surface area contributed by atoms with E-state index in [-0.39, 0.29) is 17.6 Å². The van der Waals surface area contributed by atoms with Crippen LogP contribution in [0.2, 0.25) is 0 Å². The van der Waals surface area contributed by atoms with Gasteiger partial charge in [-0.2, -0.15) is 0 Å². The lowest BCUT2D eigenvalue weighted by Crippen LogP contribution is -2.24. The van der Waals surface area contributed by atoms with Crippen LogP contribution in [-0.4, -0.2) is 20.7 Å². The molecule has 0 aliphatic heterocycles. The molecule has 0 aliphatic carbocycles. The summed E-state index contributed by atoms with van der Waals surface area (Å²) in [5.41, 5.74) is 0.542. The maximum absolute atomic E-state index is 13.5. The molecule has 0 amide bonds. The molecule has 7 heteroatoms. The topological polar surface area (TPSA) is 72.2 Å². The Bertz CT molecular complexity index is 508. The summed E-state index contributed by atoms with van der Waals surface area (Å²) < 4.78 is 35.8. The third-order valence-electron chi connectivity index (χ3n) is 2.48. The number of nitrogens with two attached hydrogens (primary N) is 1. The van der Waals surface area contributed by atoms with Gasteiger partial charge in [-0.05, 0) is 38.1 Å². The largest absolute Gasteiger partial charge is 0.310 e. The van der Waals surface area contributed by atoms with Gasteiger partial charge < -0.3 is 5.32 Å². The Hall–Kier alpha value is -0.500. The van der Waals surface area contributed by atoms with Gasteiger partial charge in [0.25, 0.3) is 0 Å². The van der Waals surface area contributed by atoms with Crippen LogP contribution in [0, 0.1) is 5.82 Å². The standard InChI is InChI=1S/C11H16BrFN2O2S/c1-8(15-5-2-6-18(14,16)17)10-7-9(12)3-4-11(10)13/h3-4,7-8,15H,2,5-6H2,1H3,(H2,14,16,17). The molecule has 1 atom stereocenters. The van der Waals surface area contributed by atoms with Crippen molar-refractivity contribution < 1.29 is 12.8 Å². The fraction of sp³-hybridized carbons (Fsp3) is 0.455.